The summed E-state index contributed by atoms with van der Waals surface area (Å²) in [6.07, 6.45) is 6.28. The molecule has 1 aliphatic heterocycles. The summed E-state index contributed by atoms with van der Waals surface area (Å²) in [5, 5.41) is 4.70. The van der Waals surface area contributed by atoms with Crippen LogP contribution < -0.4 is 10.2 Å². The van der Waals surface area contributed by atoms with Gasteiger partial charge in [0.1, 0.15) is 0 Å². The summed E-state index contributed by atoms with van der Waals surface area (Å²) in [5.41, 5.74) is 1.32. The molecule has 3 nitrogen and oxygen atoms in total. The number of nitrogens with one attached hydrogen (secondary N) is 1. The number of hydrogen-bond acceptors (Lipinski definition) is 4. The molecule has 0 bridgehead atoms. The minimum atomic E-state index is 0.654. The van der Waals surface area contributed by atoms with Crippen molar-refractivity contribution in [2.24, 2.45) is 0 Å². The SMILES string of the molecule is CCCc1nc(N2CCCCC2C)sc1CNCC. The molecule has 0 saturated carbocycles. The van der Waals surface area contributed by atoms with Crippen LogP contribution in [-0.4, -0.2) is 24.1 Å². The lowest BCUT2D eigenvalue weighted by atomic mass is 10.0. The summed E-state index contributed by atoms with van der Waals surface area (Å²) >= 11 is 1.90. The van der Waals surface area contributed by atoms with E-state index in [0.717, 1.165) is 19.5 Å². The van der Waals surface area contributed by atoms with Crippen LogP contribution in [0.3, 0.4) is 0 Å². The van der Waals surface area contributed by atoms with Gasteiger partial charge in [0.2, 0.25) is 0 Å². The van der Waals surface area contributed by atoms with Crippen molar-refractivity contribution in [3.63, 3.8) is 0 Å². The van der Waals surface area contributed by atoms with E-state index in [-0.39, 0.29) is 0 Å². The Kier molecular flexibility index (Phi) is 5.64. The van der Waals surface area contributed by atoms with Crippen LogP contribution in [0.5, 0.6) is 0 Å². The zero-order chi connectivity index (χ0) is 13.7. The van der Waals surface area contributed by atoms with E-state index in [0.29, 0.717) is 6.04 Å². The summed E-state index contributed by atoms with van der Waals surface area (Å²) in [5.74, 6) is 0. The smallest absolute Gasteiger partial charge is 0.186 e. The minimum Gasteiger partial charge on any atom is -0.345 e. The molecule has 0 radical (unpaired) electrons. The number of piperidine rings is 1. The van der Waals surface area contributed by atoms with Gasteiger partial charge in [-0.15, -0.1) is 11.3 Å². The van der Waals surface area contributed by atoms with Gasteiger partial charge in [0.25, 0.3) is 0 Å². The standard InChI is InChI=1S/C15H27N3S/c1-4-8-13-14(11-16-5-2)19-15(17-13)18-10-7-6-9-12(18)3/h12,16H,4-11H2,1-3H3. The van der Waals surface area contributed by atoms with Crippen LogP contribution in [0, 0.1) is 0 Å². The average molecular weight is 281 g/mol. The number of aromatic nitrogens is 1. The maximum atomic E-state index is 4.93. The van der Waals surface area contributed by atoms with Gasteiger partial charge in [0.05, 0.1) is 5.69 Å². The molecule has 1 N–H and O–H groups in total. The zero-order valence-corrected chi connectivity index (χ0v) is 13.4. The third kappa shape index (κ3) is 3.69. The maximum Gasteiger partial charge on any atom is 0.186 e. The van der Waals surface area contributed by atoms with Crippen molar-refractivity contribution in [1.82, 2.24) is 10.3 Å². The predicted molar refractivity (Wildman–Crippen MR) is 84.1 cm³/mol. The molecule has 2 heterocycles. The summed E-state index contributed by atoms with van der Waals surface area (Å²) in [6, 6.07) is 0.654. The van der Waals surface area contributed by atoms with Crippen molar-refractivity contribution in [3.05, 3.63) is 10.6 Å². The van der Waals surface area contributed by atoms with Gasteiger partial charge in [-0.2, -0.15) is 0 Å². The molecule has 1 atom stereocenters. The number of aryl methyl sites for hydroxylation is 1. The molecule has 1 unspecified atom stereocenters. The monoisotopic (exact) mass is 281 g/mol. The van der Waals surface area contributed by atoms with Crippen molar-refractivity contribution >= 4 is 16.5 Å². The van der Waals surface area contributed by atoms with Crippen LogP contribution in [-0.2, 0) is 13.0 Å². The Morgan fingerprint density at radius 1 is 1.37 bits per heavy atom. The van der Waals surface area contributed by atoms with Crippen molar-refractivity contribution in [2.75, 3.05) is 18.0 Å². The number of nitrogens with zero attached hydrogens (tertiary/aromatic N) is 2. The zero-order valence-electron chi connectivity index (χ0n) is 12.5. The van der Waals surface area contributed by atoms with Gasteiger partial charge in [-0.3, -0.25) is 0 Å². The largest absolute Gasteiger partial charge is 0.345 e. The summed E-state index contributed by atoms with van der Waals surface area (Å²) < 4.78 is 0. The Balaban J connectivity index is 2.15. The first kappa shape index (κ1) is 14.8. The Hall–Kier alpha value is -0.610. The molecule has 0 spiro atoms. The second-order valence-electron chi connectivity index (χ2n) is 5.43. The van der Waals surface area contributed by atoms with E-state index >= 15 is 0 Å². The molecule has 1 aliphatic rings. The van der Waals surface area contributed by atoms with Gasteiger partial charge in [-0.25, -0.2) is 4.98 Å². The Morgan fingerprint density at radius 3 is 2.89 bits per heavy atom. The van der Waals surface area contributed by atoms with E-state index in [4.69, 9.17) is 4.98 Å². The second kappa shape index (κ2) is 7.25. The molecule has 1 aromatic rings. The quantitative estimate of drug-likeness (QED) is 0.864. The molecular weight excluding hydrogens is 254 g/mol. The van der Waals surface area contributed by atoms with Crippen LogP contribution in [0.4, 0.5) is 5.13 Å². The molecular formula is C15H27N3S. The first-order valence-corrected chi connectivity index (χ1v) is 8.53. The van der Waals surface area contributed by atoms with E-state index in [1.165, 1.54) is 47.9 Å². The molecule has 1 aromatic heterocycles. The van der Waals surface area contributed by atoms with Crippen LogP contribution in [0.15, 0.2) is 0 Å². The summed E-state index contributed by atoms with van der Waals surface area (Å²) in [4.78, 5) is 8.89. The maximum absolute atomic E-state index is 4.93. The van der Waals surface area contributed by atoms with Crippen LogP contribution in [0.1, 0.15) is 57.0 Å². The highest BCUT2D eigenvalue weighted by atomic mass is 32.1. The third-order valence-corrected chi connectivity index (χ3v) is 4.97. The van der Waals surface area contributed by atoms with E-state index < -0.39 is 0 Å². The topological polar surface area (TPSA) is 28.2 Å². The molecule has 1 saturated heterocycles. The Labute approximate surface area is 121 Å². The Bertz CT molecular complexity index is 389. The highest BCUT2D eigenvalue weighted by Gasteiger charge is 2.22. The molecule has 0 amide bonds. The van der Waals surface area contributed by atoms with E-state index in [2.05, 4.69) is 31.0 Å². The van der Waals surface area contributed by atoms with Crippen molar-refractivity contribution in [2.45, 2.75) is 65.5 Å². The van der Waals surface area contributed by atoms with Gasteiger partial charge in [-0.05, 0) is 39.2 Å². The molecule has 108 valence electrons. The highest BCUT2D eigenvalue weighted by molar-refractivity contribution is 7.15. The van der Waals surface area contributed by atoms with Crippen LogP contribution in [0.25, 0.3) is 0 Å². The fourth-order valence-electron chi connectivity index (χ4n) is 2.68. The first-order chi connectivity index (χ1) is 9.26. The lowest BCUT2D eigenvalue weighted by Crippen LogP contribution is -2.37. The lowest BCUT2D eigenvalue weighted by molar-refractivity contribution is 0.484. The highest BCUT2D eigenvalue weighted by Crippen LogP contribution is 2.31. The van der Waals surface area contributed by atoms with Gasteiger partial charge in [0, 0.05) is 24.0 Å². The number of anilines is 1. The molecule has 2 rings (SSSR count). The predicted octanol–water partition coefficient (Wildman–Crippen LogP) is 3.58. The van der Waals surface area contributed by atoms with Crippen molar-refractivity contribution < 1.29 is 0 Å². The van der Waals surface area contributed by atoms with Gasteiger partial charge >= 0.3 is 0 Å². The lowest BCUT2D eigenvalue weighted by Gasteiger charge is -2.33. The second-order valence-corrected chi connectivity index (χ2v) is 6.50. The van der Waals surface area contributed by atoms with Gasteiger partial charge in [-0.1, -0.05) is 20.3 Å². The van der Waals surface area contributed by atoms with Crippen molar-refractivity contribution in [1.29, 1.82) is 0 Å². The van der Waals surface area contributed by atoms with E-state index in [9.17, 15) is 0 Å². The first-order valence-electron chi connectivity index (χ1n) is 7.72. The van der Waals surface area contributed by atoms with Gasteiger partial charge < -0.3 is 10.2 Å². The fraction of sp³-hybridized carbons (Fsp3) is 0.800. The molecule has 19 heavy (non-hydrogen) atoms. The number of rotatable bonds is 6. The number of hydrogen-bond donors (Lipinski definition) is 1. The third-order valence-electron chi connectivity index (χ3n) is 3.84. The summed E-state index contributed by atoms with van der Waals surface area (Å²) in [7, 11) is 0. The molecule has 0 aromatic carbocycles. The van der Waals surface area contributed by atoms with Crippen LogP contribution in [0.2, 0.25) is 0 Å². The normalized spacial score (nSPS) is 19.9. The van der Waals surface area contributed by atoms with Crippen molar-refractivity contribution in [3.8, 4) is 0 Å². The number of thiazole rings is 1. The molecule has 1 fully saturated rings. The average Bonchev–Trinajstić information content (AvgIpc) is 2.80. The van der Waals surface area contributed by atoms with Crippen LogP contribution >= 0.6 is 11.3 Å². The van der Waals surface area contributed by atoms with E-state index in [1.807, 2.05) is 11.3 Å². The van der Waals surface area contributed by atoms with E-state index in [1.54, 1.807) is 0 Å². The van der Waals surface area contributed by atoms with Gasteiger partial charge in [0.15, 0.2) is 5.13 Å². The Morgan fingerprint density at radius 2 is 2.21 bits per heavy atom. The molecule has 4 heteroatoms. The fourth-order valence-corrected chi connectivity index (χ4v) is 3.89. The minimum absolute atomic E-state index is 0.654. The molecule has 0 aliphatic carbocycles. The summed E-state index contributed by atoms with van der Waals surface area (Å²) in [6.45, 7) is 9.92.